The van der Waals surface area contributed by atoms with Crippen LogP contribution in [0.5, 0.6) is 0 Å². The molecule has 19 heavy (non-hydrogen) atoms. The van der Waals surface area contributed by atoms with Crippen LogP contribution in [0, 0.1) is 0 Å². The molecule has 3 N–H and O–H groups in total. The minimum Gasteiger partial charge on any atom is -0.398 e. The summed E-state index contributed by atoms with van der Waals surface area (Å²) in [6, 6.07) is 7.53. The number of hydrogen-bond acceptors (Lipinski definition) is 4. The van der Waals surface area contributed by atoms with Crippen LogP contribution in [0.1, 0.15) is 12.8 Å². The van der Waals surface area contributed by atoms with Crippen molar-refractivity contribution in [2.75, 3.05) is 17.2 Å². The normalized spacial score (nSPS) is 16.0. The molecular weight excluding hydrogens is 280 g/mol. The Hall–Kier alpha value is -0.980. The summed E-state index contributed by atoms with van der Waals surface area (Å²) >= 11 is 1.47. The highest BCUT2D eigenvalue weighted by molar-refractivity contribution is 8.00. The summed E-state index contributed by atoms with van der Waals surface area (Å²) in [7, 11) is -3.20. The number of nitrogen functional groups attached to an aromatic ring is 1. The van der Waals surface area contributed by atoms with Gasteiger partial charge in [0.1, 0.15) is 0 Å². The van der Waals surface area contributed by atoms with E-state index in [2.05, 4.69) is 4.72 Å². The number of nitrogens with two attached hydrogens (primary N) is 1. The van der Waals surface area contributed by atoms with Gasteiger partial charge in [-0.1, -0.05) is 24.3 Å². The van der Waals surface area contributed by atoms with Gasteiger partial charge in [0, 0.05) is 22.4 Å². The number of anilines is 1. The standard InChI is InChI=1S/C13H18N2O2S2/c14-12-7-3-4-8-13(12)18-9-10-19(16,17)15-11-5-1-2-6-11/h1-4,7-8,11,15H,5-6,9-10,14H2. The molecule has 1 aromatic rings. The zero-order valence-electron chi connectivity index (χ0n) is 10.6. The summed E-state index contributed by atoms with van der Waals surface area (Å²) < 4.78 is 26.5. The van der Waals surface area contributed by atoms with E-state index >= 15 is 0 Å². The van der Waals surface area contributed by atoms with Crippen molar-refractivity contribution in [3.05, 3.63) is 36.4 Å². The summed E-state index contributed by atoms with van der Waals surface area (Å²) in [5, 5.41) is 0. The van der Waals surface area contributed by atoms with E-state index in [1.807, 2.05) is 36.4 Å². The van der Waals surface area contributed by atoms with Crippen LogP contribution in [-0.4, -0.2) is 26.0 Å². The fourth-order valence-corrected chi connectivity index (χ4v) is 4.56. The highest BCUT2D eigenvalue weighted by atomic mass is 32.2. The highest BCUT2D eigenvalue weighted by Crippen LogP contribution is 2.24. The van der Waals surface area contributed by atoms with Gasteiger partial charge in [0.2, 0.25) is 10.0 Å². The SMILES string of the molecule is Nc1ccccc1SCCS(=O)(=O)NC1CC=CC1. The summed E-state index contributed by atoms with van der Waals surface area (Å²) in [5.74, 6) is 0.617. The number of para-hydroxylation sites is 1. The van der Waals surface area contributed by atoms with E-state index in [-0.39, 0.29) is 11.8 Å². The van der Waals surface area contributed by atoms with Gasteiger partial charge < -0.3 is 5.73 Å². The predicted molar refractivity (Wildman–Crippen MR) is 80.7 cm³/mol. The third kappa shape index (κ3) is 4.56. The van der Waals surface area contributed by atoms with Gasteiger partial charge in [0.05, 0.1) is 5.75 Å². The first kappa shape index (κ1) is 14.4. The number of rotatable bonds is 6. The fraction of sp³-hybridized carbons (Fsp3) is 0.385. The predicted octanol–water partition coefficient (Wildman–Crippen LogP) is 2.00. The Labute approximate surface area is 118 Å². The monoisotopic (exact) mass is 298 g/mol. The van der Waals surface area contributed by atoms with Crippen LogP contribution in [0.2, 0.25) is 0 Å². The van der Waals surface area contributed by atoms with E-state index in [1.165, 1.54) is 11.8 Å². The molecule has 0 unspecified atom stereocenters. The van der Waals surface area contributed by atoms with Crippen LogP contribution in [0.15, 0.2) is 41.3 Å². The van der Waals surface area contributed by atoms with Crippen LogP contribution in [0.3, 0.4) is 0 Å². The molecule has 0 spiro atoms. The maximum Gasteiger partial charge on any atom is 0.212 e. The maximum atomic E-state index is 11.9. The fourth-order valence-electron chi connectivity index (χ4n) is 1.90. The van der Waals surface area contributed by atoms with Crippen LogP contribution in [-0.2, 0) is 10.0 Å². The van der Waals surface area contributed by atoms with Crippen molar-refractivity contribution in [3.63, 3.8) is 0 Å². The van der Waals surface area contributed by atoms with Crippen molar-refractivity contribution < 1.29 is 8.42 Å². The van der Waals surface area contributed by atoms with Crippen LogP contribution < -0.4 is 10.5 Å². The second-order valence-electron chi connectivity index (χ2n) is 4.46. The minimum absolute atomic E-state index is 0.0387. The van der Waals surface area contributed by atoms with E-state index in [4.69, 9.17) is 5.73 Å². The first-order valence-electron chi connectivity index (χ1n) is 6.19. The lowest BCUT2D eigenvalue weighted by atomic mass is 10.3. The number of sulfonamides is 1. The average molecular weight is 298 g/mol. The van der Waals surface area contributed by atoms with Crippen molar-refractivity contribution in [1.82, 2.24) is 4.72 Å². The molecule has 1 aliphatic carbocycles. The molecule has 0 saturated heterocycles. The molecule has 104 valence electrons. The Morgan fingerprint density at radius 2 is 1.95 bits per heavy atom. The maximum absolute atomic E-state index is 11.9. The van der Waals surface area contributed by atoms with Gasteiger partial charge in [-0.2, -0.15) is 0 Å². The Balaban J connectivity index is 1.80. The molecule has 0 amide bonds. The summed E-state index contributed by atoms with van der Waals surface area (Å²) in [5.41, 5.74) is 6.50. The third-order valence-corrected chi connectivity index (χ3v) is 5.67. The molecule has 2 rings (SSSR count). The Morgan fingerprint density at radius 3 is 2.63 bits per heavy atom. The molecule has 0 aromatic heterocycles. The minimum atomic E-state index is -3.20. The van der Waals surface area contributed by atoms with E-state index in [9.17, 15) is 8.42 Å². The molecular formula is C13H18N2O2S2. The van der Waals surface area contributed by atoms with Gasteiger partial charge in [-0.25, -0.2) is 13.1 Å². The van der Waals surface area contributed by atoms with Crippen molar-refractivity contribution in [2.24, 2.45) is 0 Å². The Bertz CT molecular complexity index is 548. The van der Waals surface area contributed by atoms with E-state index in [0.29, 0.717) is 11.4 Å². The van der Waals surface area contributed by atoms with Gasteiger partial charge in [0.25, 0.3) is 0 Å². The molecule has 0 saturated carbocycles. The van der Waals surface area contributed by atoms with Crippen molar-refractivity contribution in [3.8, 4) is 0 Å². The second kappa shape index (κ2) is 6.45. The molecule has 4 nitrogen and oxygen atoms in total. The lowest BCUT2D eigenvalue weighted by Gasteiger charge is -2.12. The number of hydrogen-bond donors (Lipinski definition) is 2. The van der Waals surface area contributed by atoms with E-state index in [0.717, 1.165) is 17.7 Å². The van der Waals surface area contributed by atoms with Crippen molar-refractivity contribution >= 4 is 27.5 Å². The smallest absolute Gasteiger partial charge is 0.212 e. The quantitative estimate of drug-likeness (QED) is 0.479. The highest BCUT2D eigenvalue weighted by Gasteiger charge is 2.18. The third-order valence-electron chi connectivity index (χ3n) is 2.88. The van der Waals surface area contributed by atoms with Crippen molar-refractivity contribution in [1.29, 1.82) is 0 Å². The van der Waals surface area contributed by atoms with Crippen LogP contribution >= 0.6 is 11.8 Å². The summed E-state index contributed by atoms with van der Waals surface area (Å²) in [4.78, 5) is 0.931. The molecule has 0 bridgehead atoms. The average Bonchev–Trinajstić information content (AvgIpc) is 2.83. The van der Waals surface area contributed by atoms with Gasteiger partial charge >= 0.3 is 0 Å². The number of benzene rings is 1. The van der Waals surface area contributed by atoms with Gasteiger partial charge in [-0.15, -0.1) is 11.8 Å². The van der Waals surface area contributed by atoms with E-state index in [1.54, 1.807) is 0 Å². The molecule has 0 aliphatic heterocycles. The van der Waals surface area contributed by atoms with E-state index < -0.39 is 10.0 Å². The lowest BCUT2D eigenvalue weighted by Crippen LogP contribution is -2.35. The van der Waals surface area contributed by atoms with Crippen LogP contribution in [0.25, 0.3) is 0 Å². The van der Waals surface area contributed by atoms with Crippen molar-refractivity contribution in [2.45, 2.75) is 23.8 Å². The van der Waals surface area contributed by atoms with Crippen LogP contribution in [0.4, 0.5) is 5.69 Å². The number of nitrogens with one attached hydrogen (secondary N) is 1. The molecule has 6 heteroatoms. The Morgan fingerprint density at radius 1 is 1.26 bits per heavy atom. The van der Waals surface area contributed by atoms with Gasteiger partial charge in [0.15, 0.2) is 0 Å². The van der Waals surface area contributed by atoms with Gasteiger partial charge in [-0.3, -0.25) is 0 Å². The summed E-state index contributed by atoms with van der Waals surface area (Å²) in [6.07, 6.45) is 5.59. The second-order valence-corrected chi connectivity index (χ2v) is 7.47. The van der Waals surface area contributed by atoms with Gasteiger partial charge in [-0.05, 0) is 25.0 Å². The zero-order valence-corrected chi connectivity index (χ0v) is 12.2. The molecule has 1 aliphatic rings. The first-order chi connectivity index (χ1) is 9.07. The summed E-state index contributed by atoms with van der Waals surface area (Å²) in [6.45, 7) is 0. The first-order valence-corrected chi connectivity index (χ1v) is 8.83. The molecule has 0 radical (unpaired) electrons. The number of thioether (sulfide) groups is 1. The molecule has 0 atom stereocenters. The molecule has 0 heterocycles. The topological polar surface area (TPSA) is 72.2 Å². The zero-order chi connectivity index (χ0) is 13.7. The largest absolute Gasteiger partial charge is 0.398 e. The lowest BCUT2D eigenvalue weighted by molar-refractivity contribution is 0.559. The molecule has 0 fully saturated rings. The molecule has 1 aromatic carbocycles. The Kier molecular flexibility index (Phi) is 4.90.